The summed E-state index contributed by atoms with van der Waals surface area (Å²) in [6, 6.07) is 16.4. The number of thiophene rings is 1. The lowest BCUT2D eigenvalue weighted by atomic mass is 9.91. The first kappa shape index (κ1) is 18.3. The van der Waals surface area contributed by atoms with Crippen LogP contribution in [0.3, 0.4) is 0 Å². The number of hydrogen-bond donors (Lipinski definition) is 1. The molecule has 0 saturated heterocycles. The molecule has 138 valence electrons. The zero-order valence-electron chi connectivity index (χ0n) is 14.5. The molecular formula is C20H17NO3S3. The van der Waals surface area contributed by atoms with Crippen LogP contribution in [0.4, 0.5) is 5.69 Å². The summed E-state index contributed by atoms with van der Waals surface area (Å²) in [6.07, 6.45) is 2.33. The second-order valence-electron chi connectivity index (χ2n) is 6.23. The lowest BCUT2D eigenvalue weighted by Crippen LogP contribution is -2.23. The highest BCUT2D eigenvalue weighted by Gasteiger charge is 2.34. The normalized spacial score (nSPS) is 16.6. The number of carbonyl (C=O) groups is 1. The van der Waals surface area contributed by atoms with E-state index in [-0.39, 0.29) is 21.6 Å². The van der Waals surface area contributed by atoms with Gasteiger partial charge in [-0.25, -0.2) is 8.42 Å². The third kappa shape index (κ3) is 3.31. The summed E-state index contributed by atoms with van der Waals surface area (Å²) >= 11 is 3.05. The van der Waals surface area contributed by atoms with Crippen LogP contribution in [0.2, 0.25) is 0 Å². The second kappa shape index (κ2) is 7.14. The van der Waals surface area contributed by atoms with E-state index in [0.29, 0.717) is 12.1 Å². The minimum atomic E-state index is -3.68. The summed E-state index contributed by atoms with van der Waals surface area (Å²) in [5, 5.41) is 4.44. The summed E-state index contributed by atoms with van der Waals surface area (Å²) in [6.45, 7) is 0. The van der Waals surface area contributed by atoms with Gasteiger partial charge in [-0.15, -0.1) is 23.1 Å². The van der Waals surface area contributed by atoms with E-state index in [0.717, 1.165) is 15.3 Å². The molecule has 1 unspecified atom stereocenters. The average molecular weight is 416 g/mol. The smallest absolute Gasteiger partial charge is 0.225 e. The Kier molecular flexibility index (Phi) is 4.84. The van der Waals surface area contributed by atoms with Crippen molar-refractivity contribution in [1.29, 1.82) is 0 Å². The van der Waals surface area contributed by atoms with Crippen molar-refractivity contribution in [3.8, 4) is 0 Å². The molecule has 1 atom stereocenters. The van der Waals surface area contributed by atoms with E-state index in [1.165, 1.54) is 11.3 Å². The number of benzene rings is 2. The maximum absolute atomic E-state index is 13.1. The van der Waals surface area contributed by atoms with Crippen LogP contribution >= 0.6 is 23.1 Å². The Morgan fingerprint density at radius 1 is 1.07 bits per heavy atom. The van der Waals surface area contributed by atoms with Gasteiger partial charge >= 0.3 is 0 Å². The van der Waals surface area contributed by atoms with Crippen LogP contribution in [0.25, 0.3) is 0 Å². The van der Waals surface area contributed by atoms with Gasteiger partial charge in [0.2, 0.25) is 15.7 Å². The van der Waals surface area contributed by atoms with Crippen molar-refractivity contribution in [2.45, 2.75) is 27.0 Å². The highest BCUT2D eigenvalue weighted by molar-refractivity contribution is 7.98. The number of sulfone groups is 1. The fraction of sp³-hybridized carbons (Fsp3) is 0.150. The second-order valence-corrected chi connectivity index (χ2v) is 9.94. The van der Waals surface area contributed by atoms with Gasteiger partial charge < -0.3 is 5.32 Å². The molecular weight excluding hydrogens is 398 g/mol. The third-order valence-electron chi connectivity index (χ3n) is 4.62. The van der Waals surface area contributed by atoms with Gasteiger partial charge in [-0.2, -0.15) is 0 Å². The monoisotopic (exact) mass is 415 g/mol. The number of amides is 1. The predicted octanol–water partition coefficient (Wildman–Crippen LogP) is 4.78. The third-order valence-corrected chi connectivity index (χ3v) is 8.40. The maximum Gasteiger partial charge on any atom is 0.225 e. The largest absolute Gasteiger partial charge is 0.324 e. The van der Waals surface area contributed by atoms with Crippen LogP contribution in [0.15, 0.2) is 74.7 Å². The Morgan fingerprint density at radius 3 is 2.44 bits per heavy atom. The first-order valence-electron chi connectivity index (χ1n) is 8.36. The summed E-state index contributed by atoms with van der Waals surface area (Å²) < 4.78 is 26.1. The Labute approximate surface area is 166 Å². The summed E-state index contributed by atoms with van der Waals surface area (Å²) in [7, 11) is -3.68. The molecule has 2 aromatic carbocycles. The number of rotatable bonds is 4. The number of carbonyl (C=O) groups excluding carboxylic acids is 1. The average Bonchev–Trinajstić information content (AvgIpc) is 3.12. The molecule has 1 aromatic heterocycles. The zero-order chi connectivity index (χ0) is 19.0. The van der Waals surface area contributed by atoms with Crippen LogP contribution in [0, 0.1) is 0 Å². The van der Waals surface area contributed by atoms with E-state index in [1.807, 2.05) is 30.5 Å². The van der Waals surface area contributed by atoms with E-state index in [9.17, 15) is 13.2 Å². The molecule has 1 amide bonds. The van der Waals surface area contributed by atoms with E-state index >= 15 is 0 Å². The first-order chi connectivity index (χ1) is 13.0. The van der Waals surface area contributed by atoms with E-state index in [4.69, 9.17) is 0 Å². The molecule has 1 aliphatic heterocycles. The lowest BCUT2D eigenvalue weighted by Gasteiger charge is -2.24. The Bertz CT molecular complexity index is 1090. The van der Waals surface area contributed by atoms with Gasteiger partial charge in [-0.1, -0.05) is 30.3 Å². The molecule has 4 rings (SSSR count). The van der Waals surface area contributed by atoms with Gasteiger partial charge in [0.1, 0.15) is 4.90 Å². The summed E-state index contributed by atoms with van der Waals surface area (Å²) in [4.78, 5) is 14.8. The fourth-order valence-corrected chi connectivity index (χ4v) is 6.57. The molecule has 0 saturated carbocycles. The number of anilines is 1. The lowest BCUT2D eigenvalue weighted by molar-refractivity contribution is -0.116. The molecule has 1 N–H and O–H groups in total. The van der Waals surface area contributed by atoms with Gasteiger partial charge in [-0.3, -0.25) is 4.79 Å². The van der Waals surface area contributed by atoms with Crippen molar-refractivity contribution in [3.63, 3.8) is 0 Å². The molecule has 7 heteroatoms. The number of hydrogen-bond acceptors (Lipinski definition) is 5. The molecule has 1 aliphatic rings. The highest BCUT2D eigenvalue weighted by Crippen LogP contribution is 2.45. The van der Waals surface area contributed by atoms with Crippen LogP contribution in [0.1, 0.15) is 22.8 Å². The zero-order valence-corrected chi connectivity index (χ0v) is 17.0. The van der Waals surface area contributed by atoms with Crippen LogP contribution in [-0.2, 0) is 14.6 Å². The SMILES string of the molecule is CSc1ccc(C2CC(=O)Nc3c(S(=O)(=O)c4ccccc4)csc32)cc1. The summed E-state index contributed by atoms with van der Waals surface area (Å²) in [5.74, 6) is -0.293. The van der Waals surface area contributed by atoms with Crippen LogP contribution < -0.4 is 5.32 Å². The summed E-state index contributed by atoms with van der Waals surface area (Å²) in [5.41, 5.74) is 1.45. The van der Waals surface area contributed by atoms with Crippen LogP contribution in [0.5, 0.6) is 0 Å². The quantitative estimate of drug-likeness (QED) is 0.623. The van der Waals surface area contributed by atoms with Gasteiger partial charge in [0, 0.05) is 27.5 Å². The van der Waals surface area contributed by atoms with E-state index < -0.39 is 9.84 Å². The van der Waals surface area contributed by atoms with Crippen molar-refractivity contribution in [2.75, 3.05) is 11.6 Å². The molecule has 27 heavy (non-hydrogen) atoms. The van der Waals surface area contributed by atoms with Crippen molar-refractivity contribution in [2.24, 2.45) is 0 Å². The number of nitrogens with one attached hydrogen (secondary N) is 1. The van der Waals surface area contributed by atoms with Crippen LogP contribution in [-0.4, -0.2) is 20.6 Å². The Morgan fingerprint density at radius 2 is 1.78 bits per heavy atom. The number of thioether (sulfide) groups is 1. The van der Waals surface area contributed by atoms with E-state index in [2.05, 4.69) is 5.32 Å². The molecule has 0 fully saturated rings. The molecule has 0 radical (unpaired) electrons. The molecule has 3 aromatic rings. The number of fused-ring (bicyclic) bond motifs is 1. The highest BCUT2D eigenvalue weighted by atomic mass is 32.2. The van der Waals surface area contributed by atoms with Crippen molar-refractivity contribution >= 4 is 44.5 Å². The van der Waals surface area contributed by atoms with Gasteiger partial charge in [0.15, 0.2) is 0 Å². The molecule has 4 nitrogen and oxygen atoms in total. The molecule has 0 bridgehead atoms. The van der Waals surface area contributed by atoms with Crippen molar-refractivity contribution < 1.29 is 13.2 Å². The van der Waals surface area contributed by atoms with Crippen molar-refractivity contribution in [1.82, 2.24) is 0 Å². The molecule has 0 spiro atoms. The molecule has 2 heterocycles. The topological polar surface area (TPSA) is 63.2 Å². The first-order valence-corrected chi connectivity index (χ1v) is 11.9. The maximum atomic E-state index is 13.1. The Balaban J connectivity index is 1.80. The van der Waals surface area contributed by atoms with Gasteiger partial charge in [-0.05, 0) is 36.1 Å². The fourth-order valence-electron chi connectivity index (χ4n) is 3.23. The standard InChI is InChI=1S/C20H17NO3S3/c1-25-14-9-7-13(8-10-14)16-11-18(22)21-19-17(12-26-20(16)19)27(23,24)15-5-3-2-4-6-15/h2-10,12,16H,11H2,1H3,(H,21,22). The Hall–Kier alpha value is -2.09. The molecule has 0 aliphatic carbocycles. The van der Waals surface area contributed by atoms with E-state index in [1.54, 1.807) is 47.5 Å². The minimum Gasteiger partial charge on any atom is -0.324 e. The van der Waals surface area contributed by atoms with Gasteiger partial charge in [0.05, 0.1) is 10.6 Å². The van der Waals surface area contributed by atoms with Crippen molar-refractivity contribution in [3.05, 3.63) is 70.4 Å². The minimum absolute atomic E-state index is 0.130. The van der Waals surface area contributed by atoms with Gasteiger partial charge in [0.25, 0.3) is 0 Å². The predicted molar refractivity (Wildman–Crippen MR) is 110 cm³/mol.